The Hall–Kier alpha value is -0.560. The van der Waals surface area contributed by atoms with Gasteiger partial charge in [-0.1, -0.05) is 23.8 Å². The van der Waals surface area contributed by atoms with E-state index in [-0.39, 0.29) is 0 Å². The first-order chi connectivity index (χ1) is 5.81. The van der Waals surface area contributed by atoms with E-state index in [9.17, 15) is 0 Å². The topological polar surface area (TPSA) is 12.0 Å². The van der Waals surface area contributed by atoms with Gasteiger partial charge in [0.25, 0.3) is 0 Å². The largest absolute Gasteiger partial charge is 0.320 e. The highest BCUT2D eigenvalue weighted by Gasteiger charge is 1.85. The molecule has 0 radical (unpaired) electrons. The van der Waals surface area contributed by atoms with Crippen LogP contribution in [0.15, 0.2) is 23.8 Å². The Morgan fingerprint density at radius 2 is 2.08 bits per heavy atom. The van der Waals surface area contributed by atoms with E-state index in [1.54, 1.807) is 0 Å². The van der Waals surface area contributed by atoms with Crippen LogP contribution in [0.5, 0.6) is 0 Å². The molecule has 0 heterocycles. The van der Waals surface area contributed by atoms with Crippen molar-refractivity contribution in [3.05, 3.63) is 23.8 Å². The molecule has 0 aliphatic carbocycles. The van der Waals surface area contributed by atoms with Crippen LogP contribution in [0.3, 0.4) is 0 Å². The van der Waals surface area contributed by atoms with Crippen molar-refractivity contribution in [3.63, 3.8) is 0 Å². The molecule has 1 heteroatoms. The third-order valence-electron chi connectivity index (χ3n) is 1.78. The molecule has 0 unspecified atom stereocenters. The molecular weight excluding hydrogens is 146 g/mol. The lowest BCUT2D eigenvalue weighted by Crippen LogP contribution is -2.06. The van der Waals surface area contributed by atoms with E-state index in [1.807, 2.05) is 7.05 Å². The lowest BCUT2D eigenvalue weighted by atomic mass is 10.1. The van der Waals surface area contributed by atoms with Crippen molar-refractivity contribution in [2.24, 2.45) is 0 Å². The summed E-state index contributed by atoms with van der Waals surface area (Å²) in [4.78, 5) is 0. The molecule has 0 aromatic carbocycles. The summed E-state index contributed by atoms with van der Waals surface area (Å²) < 4.78 is 0. The molecule has 0 atom stereocenters. The summed E-state index contributed by atoms with van der Waals surface area (Å²) in [5.74, 6) is 0. The highest BCUT2D eigenvalue weighted by atomic mass is 14.8. The van der Waals surface area contributed by atoms with Crippen molar-refractivity contribution < 1.29 is 0 Å². The highest BCUT2D eigenvalue weighted by Crippen LogP contribution is 2.01. The molecule has 1 nitrogen and oxygen atoms in total. The second-order valence-corrected chi connectivity index (χ2v) is 3.05. The third-order valence-corrected chi connectivity index (χ3v) is 1.78. The van der Waals surface area contributed by atoms with Gasteiger partial charge in [-0.25, -0.2) is 0 Å². The summed E-state index contributed by atoms with van der Waals surface area (Å²) in [6.07, 6.45) is 10.3. The molecule has 0 saturated heterocycles. The fourth-order valence-corrected chi connectivity index (χ4v) is 1.11. The lowest BCUT2D eigenvalue weighted by Gasteiger charge is -1.96. The van der Waals surface area contributed by atoms with Crippen molar-refractivity contribution in [2.45, 2.75) is 33.1 Å². The molecule has 0 bridgehead atoms. The summed E-state index contributed by atoms with van der Waals surface area (Å²) in [7, 11) is 2.00. The zero-order valence-corrected chi connectivity index (χ0v) is 8.56. The summed E-state index contributed by atoms with van der Waals surface area (Å²) in [6, 6.07) is 0. The minimum absolute atomic E-state index is 1.14. The SMILES string of the molecule is C/C=C\C(C)=C\CCCCNC. The van der Waals surface area contributed by atoms with E-state index in [0.29, 0.717) is 0 Å². The molecule has 0 rings (SSSR count). The van der Waals surface area contributed by atoms with Crippen molar-refractivity contribution >= 4 is 0 Å². The van der Waals surface area contributed by atoms with E-state index >= 15 is 0 Å². The standard InChI is InChI=1S/C11H21N/c1-4-8-11(2)9-6-5-7-10-12-3/h4,8-9,12H,5-7,10H2,1-3H3/b8-4-,11-9+. The highest BCUT2D eigenvalue weighted by molar-refractivity contribution is 5.14. The van der Waals surface area contributed by atoms with Crippen LogP contribution >= 0.6 is 0 Å². The van der Waals surface area contributed by atoms with Crippen LogP contribution in [0.4, 0.5) is 0 Å². The van der Waals surface area contributed by atoms with Gasteiger partial charge in [0.1, 0.15) is 0 Å². The van der Waals surface area contributed by atoms with Crippen LogP contribution in [0.2, 0.25) is 0 Å². The minimum atomic E-state index is 1.14. The Morgan fingerprint density at radius 3 is 2.67 bits per heavy atom. The molecule has 0 aliphatic heterocycles. The summed E-state index contributed by atoms with van der Waals surface area (Å²) in [5.41, 5.74) is 1.38. The van der Waals surface area contributed by atoms with Crippen molar-refractivity contribution in [1.29, 1.82) is 0 Å². The van der Waals surface area contributed by atoms with Gasteiger partial charge in [-0.2, -0.15) is 0 Å². The maximum absolute atomic E-state index is 3.15. The van der Waals surface area contributed by atoms with Crippen molar-refractivity contribution in [2.75, 3.05) is 13.6 Å². The van der Waals surface area contributed by atoms with Gasteiger partial charge in [-0.05, 0) is 46.7 Å². The smallest absolute Gasteiger partial charge is 0.00518 e. The first kappa shape index (κ1) is 11.4. The Kier molecular flexibility index (Phi) is 8.14. The van der Waals surface area contributed by atoms with Crippen molar-refractivity contribution in [1.82, 2.24) is 5.32 Å². The molecule has 0 fully saturated rings. The molecule has 0 amide bonds. The summed E-state index contributed by atoms with van der Waals surface area (Å²) >= 11 is 0. The second-order valence-electron chi connectivity index (χ2n) is 3.05. The number of rotatable bonds is 6. The summed E-state index contributed by atoms with van der Waals surface area (Å²) in [6.45, 7) is 5.34. The van der Waals surface area contributed by atoms with Gasteiger partial charge in [-0.15, -0.1) is 0 Å². The maximum atomic E-state index is 3.15. The molecule has 0 aromatic heterocycles. The Morgan fingerprint density at radius 1 is 1.33 bits per heavy atom. The van der Waals surface area contributed by atoms with Crippen LogP contribution in [-0.4, -0.2) is 13.6 Å². The predicted octanol–water partition coefficient (Wildman–Crippen LogP) is 2.90. The van der Waals surface area contributed by atoms with E-state index in [2.05, 4.69) is 37.4 Å². The monoisotopic (exact) mass is 167 g/mol. The summed E-state index contributed by atoms with van der Waals surface area (Å²) in [5, 5.41) is 3.15. The molecule has 0 spiro atoms. The average molecular weight is 167 g/mol. The molecule has 0 aliphatic rings. The number of hydrogen-bond donors (Lipinski definition) is 1. The average Bonchev–Trinajstić information content (AvgIpc) is 2.05. The molecule has 70 valence electrons. The first-order valence-electron chi connectivity index (χ1n) is 4.75. The predicted molar refractivity (Wildman–Crippen MR) is 56.3 cm³/mol. The Balaban J connectivity index is 3.33. The molecule has 0 saturated carbocycles. The normalized spacial score (nSPS) is 12.8. The van der Waals surface area contributed by atoms with E-state index in [1.165, 1.54) is 24.8 Å². The number of unbranched alkanes of at least 4 members (excludes halogenated alkanes) is 2. The maximum Gasteiger partial charge on any atom is -0.00518 e. The van der Waals surface area contributed by atoms with Gasteiger partial charge in [0.15, 0.2) is 0 Å². The first-order valence-corrected chi connectivity index (χ1v) is 4.75. The minimum Gasteiger partial charge on any atom is -0.320 e. The number of hydrogen-bond acceptors (Lipinski definition) is 1. The zero-order valence-electron chi connectivity index (χ0n) is 8.56. The van der Waals surface area contributed by atoms with E-state index in [4.69, 9.17) is 0 Å². The van der Waals surface area contributed by atoms with Gasteiger partial charge in [0.05, 0.1) is 0 Å². The lowest BCUT2D eigenvalue weighted by molar-refractivity contribution is 0.684. The van der Waals surface area contributed by atoms with Gasteiger partial charge in [0.2, 0.25) is 0 Å². The quantitative estimate of drug-likeness (QED) is 0.474. The fourth-order valence-electron chi connectivity index (χ4n) is 1.11. The zero-order chi connectivity index (χ0) is 9.23. The van der Waals surface area contributed by atoms with E-state index in [0.717, 1.165) is 6.54 Å². The number of nitrogens with one attached hydrogen (secondary N) is 1. The van der Waals surface area contributed by atoms with Crippen LogP contribution < -0.4 is 5.32 Å². The van der Waals surface area contributed by atoms with Crippen LogP contribution in [-0.2, 0) is 0 Å². The van der Waals surface area contributed by atoms with Gasteiger partial charge in [0, 0.05) is 0 Å². The molecular formula is C11H21N. The van der Waals surface area contributed by atoms with Crippen LogP contribution in [0, 0.1) is 0 Å². The number of allylic oxidation sites excluding steroid dienone is 4. The molecule has 1 N–H and O–H groups in total. The second kappa shape index (κ2) is 8.54. The Bertz CT molecular complexity index is 145. The third kappa shape index (κ3) is 7.55. The van der Waals surface area contributed by atoms with Crippen molar-refractivity contribution in [3.8, 4) is 0 Å². The van der Waals surface area contributed by atoms with Gasteiger partial charge in [-0.3, -0.25) is 0 Å². The van der Waals surface area contributed by atoms with Gasteiger partial charge < -0.3 is 5.32 Å². The molecule has 12 heavy (non-hydrogen) atoms. The van der Waals surface area contributed by atoms with Crippen LogP contribution in [0.1, 0.15) is 33.1 Å². The Labute approximate surface area is 76.6 Å². The van der Waals surface area contributed by atoms with Gasteiger partial charge >= 0.3 is 0 Å². The fraction of sp³-hybridized carbons (Fsp3) is 0.636. The van der Waals surface area contributed by atoms with Crippen LogP contribution in [0.25, 0.3) is 0 Å². The molecule has 0 aromatic rings. The van der Waals surface area contributed by atoms with E-state index < -0.39 is 0 Å².